The molecule has 1 atom stereocenters. The van der Waals surface area contributed by atoms with Crippen LogP contribution in [0.4, 0.5) is 0 Å². The zero-order valence-corrected chi connectivity index (χ0v) is 31.2. The van der Waals surface area contributed by atoms with Crippen LogP contribution in [0.25, 0.3) is 0 Å². The third kappa shape index (κ3) is 13.1. The van der Waals surface area contributed by atoms with Crippen LogP contribution in [0.1, 0.15) is 29.5 Å². The molecule has 0 amide bonds. The summed E-state index contributed by atoms with van der Waals surface area (Å²) >= 11 is 0. The van der Waals surface area contributed by atoms with Crippen LogP contribution in [-0.4, -0.2) is 18.0 Å². The maximum absolute atomic E-state index is 11.1. The van der Waals surface area contributed by atoms with Gasteiger partial charge in [0.1, 0.15) is 21.6 Å². The van der Waals surface area contributed by atoms with Crippen LogP contribution in [0.15, 0.2) is 78.9 Å². The molecular formula is C23H22K3O7PS. The van der Waals surface area contributed by atoms with E-state index in [2.05, 4.69) is 0 Å². The van der Waals surface area contributed by atoms with Gasteiger partial charge in [-0.3, -0.25) is 0 Å². The third-order valence-corrected chi connectivity index (χ3v) is 8.35. The summed E-state index contributed by atoms with van der Waals surface area (Å²) in [5.41, 5.74) is 2.92. The zero-order chi connectivity index (χ0) is 23.2. The van der Waals surface area contributed by atoms with Gasteiger partial charge in [-0.15, -0.1) is 0 Å². The van der Waals surface area contributed by atoms with Crippen molar-refractivity contribution in [1.82, 2.24) is 0 Å². The summed E-state index contributed by atoms with van der Waals surface area (Å²) < 4.78 is 50.5. The van der Waals surface area contributed by atoms with Gasteiger partial charge in [0.25, 0.3) is 0 Å². The molecule has 0 aromatic heterocycles. The van der Waals surface area contributed by atoms with Crippen molar-refractivity contribution in [3.63, 3.8) is 0 Å². The van der Waals surface area contributed by atoms with E-state index < -0.39 is 29.1 Å². The summed E-state index contributed by atoms with van der Waals surface area (Å²) in [4.78, 5) is 19.8. The van der Waals surface area contributed by atoms with Crippen molar-refractivity contribution < 1.29 is 186 Å². The van der Waals surface area contributed by atoms with Crippen LogP contribution >= 0.6 is 7.60 Å². The second-order valence-corrected chi connectivity index (χ2v) is 11.0. The van der Waals surface area contributed by atoms with Crippen molar-refractivity contribution in [2.75, 3.05) is 0 Å². The van der Waals surface area contributed by atoms with E-state index in [0.717, 1.165) is 16.7 Å². The molecule has 0 N–H and O–H groups in total. The molecule has 0 heterocycles. The fraction of sp³-hybridized carbons (Fsp3) is 0.217. The summed E-state index contributed by atoms with van der Waals surface area (Å²) in [7, 11) is -10.8. The Bertz CT molecular complexity index is 1200. The topological polar surface area (TPSA) is 130 Å². The average molecular weight is 591 g/mol. The summed E-state index contributed by atoms with van der Waals surface area (Å²) in [6.07, 6.45) is 0.497. The maximum Gasteiger partial charge on any atom is 1.00 e. The summed E-state index contributed by atoms with van der Waals surface area (Å²) in [6, 6.07) is 24.7. The minimum Gasteiger partial charge on any atom is -0.810 e. The van der Waals surface area contributed by atoms with E-state index in [-0.39, 0.29) is 167 Å². The van der Waals surface area contributed by atoms with Gasteiger partial charge in [0.15, 0.2) is 0 Å². The normalized spacial score (nSPS) is 11.9. The molecule has 3 aromatic rings. The fourth-order valence-corrected chi connectivity index (χ4v) is 5.62. The Kier molecular flexibility index (Phi) is 19.2. The first-order valence-electron chi connectivity index (χ1n) is 9.98. The molecule has 0 saturated carbocycles. The molecule has 0 spiro atoms. The number of hydrogen-bond donors (Lipinski definition) is 0. The van der Waals surface area contributed by atoms with Gasteiger partial charge >= 0.3 is 154 Å². The molecule has 0 aliphatic heterocycles. The Morgan fingerprint density at radius 3 is 2.06 bits per heavy atom. The number of hydrogen-bond acceptors (Lipinski definition) is 7. The van der Waals surface area contributed by atoms with Gasteiger partial charge in [0, 0.05) is 6.42 Å². The Morgan fingerprint density at radius 1 is 0.829 bits per heavy atom. The standard InChI is InChI=1S/C23H25O7PS.3K/c24-31(25,26)23(32(27,28)29)15-7-11-19-10-6-13-21(17-19)30-22-14-5-4-12-20(22)16-18-8-2-1-3-9-18;;;/h1-6,8-10,12-14,17,23H,7,11,15-16H2,(H2,24,25,26)(H,27,28,29);;;/q;3*+1/p-3. The number of aryl methyl sites for hydroxylation is 1. The van der Waals surface area contributed by atoms with E-state index in [1.54, 1.807) is 24.3 Å². The predicted octanol–water partition coefficient (Wildman–Crippen LogP) is -5.81. The minimum atomic E-state index is -5.53. The predicted molar refractivity (Wildman–Crippen MR) is 116 cm³/mol. The van der Waals surface area contributed by atoms with Gasteiger partial charge in [-0.25, -0.2) is 8.42 Å². The van der Waals surface area contributed by atoms with Crippen molar-refractivity contribution in [2.45, 2.75) is 30.7 Å². The number of ether oxygens (including phenoxy) is 1. The van der Waals surface area contributed by atoms with E-state index in [0.29, 0.717) is 17.9 Å². The molecule has 0 radical (unpaired) electrons. The van der Waals surface area contributed by atoms with E-state index in [1.165, 1.54) is 0 Å². The summed E-state index contributed by atoms with van der Waals surface area (Å²) in [6.45, 7) is 0. The largest absolute Gasteiger partial charge is 1.00 e. The number of rotatable bonds is 10. The quantitative estimate of drug-likeness (QED) is 0.131. The van der Waals surface area contributed by atoms with Gasteiger partial charge < -0.3 is 23.6 Å². The van der Waals surface area contributed by atoms with Gasteiger partial charge in [-0.1, -0.05) is 68.3 Å². The Labute approximate surface area is 334 Å². The number of para-hydroxylation sites is 1. The van der Waals surface area contributed by atoms with Crippen molar-refractivity contribution in [3.8, 4) is 11.5 Å². The average Bonchev–Trinajstić information content (AvgIpc) is 2.72. The molecule has 0 aliphatic rings. The molecule has 3 aromatic carbocycles. The molecule has 0 bridgehead atoms. The van der Waals surface area contributed by atoms with Gasteiger partial charge in [-0.2, -0.15) is 0 Å². The van der Waals surface area contributed by atoms with Crippen LogP contribution in [0.3, 0.4) is 0 Å². The first-order chi connectivity index (χ1) is 15.1. The molecule has 0 saturated heterocycles. The van der Waals surface area contributed by atoms with Crippen molar-refractivity contribution in [2.24, 2.45) is 0 Å². The monoisotopic (exact) mass is 590 g/mol. The third-order valence-electron chi connectivity index (χ3n) is 4.94. The fourth-order valence-electron chi connectivity index (χ4n) is 3.40. The maximum atomic E-state index is 11.1. The second kappa shape index (κ2) is 18.0. The number of benzene rings is 3. The van der Waals surface area contributed by atoms with E-state index >= 15 is 0 Å². The second-order valence-electron chi connectivity index (χ2n) is 7.40. The van der Waals surface area contributed by atoms with Gasteiger partial charge in [0.2, 0.25) is 0 Å². The molecule has 3 rings (SSSR count). The van der Waals surface area contributed by atoms with Crippen LogP contribution in [-0.2, 0) is 27.5 Å². The Balaban J connectivity index is 0.00000385. The Hall–Kier alpha value is 2.43. The van der Waals surface area contributed by atoms with Gasteiger partial charge in [-0.05, 0) is 54.2 Å². The van der Waals surface area contributed by atoms with Crippen LogP contribution in [0.2, 0.25) is 0 Å². The zero-order valence-electron chi connectivity index (χ0n) is 20.1. The van der Waals surface area contributed by atoms with Crippen molar-refractivity contribution in [3.05, 3.63) is 95.6 Å². The SMILES string of the molecule is O=P([O-])([O-])C(CCCc1cccc(Oc2ccccc2Cc2ccccc2)c1)S(=O)(=O)[O-].[K+].[K+].[K+]. The smallest absolute Gasteiger partial charge is 0.810 e. The molecule has 1 unspecified atom stereocenters. The van der Waals surface area contributed by atoms with Gasteiger partial charge in [0.05, 0.1) is 4.99 Å². The van der Waals surface area contributed by atoms with Crippen LogP contribution < -0.4 is 169 Å². The van der Waals surface area contributed by atoms with E-state index in [1.807, 2.05) is 54.6 Å². The first-order valence-corrected chi connectivity index (χ1v) is 13.1. The van der Waals surface area contributed by atoms with Crippen LogP contribution in [0, 0.1) is 0 Å². The van der Waals surface area contributed by atoms with E-state index in [4.69, 9.17) is 4.74 Å². The van der Waals surface area contributed by atoms with Crippen LogP contribution in [0.5, 0.6) is 11.5 Å². The molecular weight excluding hydrogens is 569 g/mol. The molecule has 0 fully saturated rings. The van der Waals surface area contributed by atoms with E-state index in [9.17, 15) is 27.3 Å². The molecule has 35 heavy (non-hydrogen) atoms. The minimum absolute atomic E-state index is 0. The molecule has 0 aliphatic carbocycles. The van der Waals surface area contributed by atoms with Crippen molar-refractivity contribution in [1.29, 1.82) is 0 Å². The molecule has 170 valence electrons. The first kappa shape index (κ1) is 37.4. The Morgan fingerprint density at radius 2 is 1.43 bits per heavy atom. The summed E-state index contributed by atoms with van der Waals surface area (Å²) in [5, 5.41) is 0. The molecule has 12 heteroatoms. The summed E-state index contributed by atoms with van der Waals surface area (Å²) in [5.74, 6) is 1.26. The van der Waals surface area contributed by atoms with Crippen molar-refractivity contribution >= 4 is 17.7 Å². The molecule has 7 nitrogen and oxygen atoms in total.